The number of ether oxygens (including phenoxy) is 1. The Morgan fingerprint density at radius 1 is 1.34 bits per heavy atom. The molecule has 15 heteroatoms. The Kier molecular flexibility index (Phi) is 8.40. The Morgan fingerprint density at radius 3 is 2.79 bits per heavy atom. The number of carbonyl (C=O) groups is 2. The van der Waals surface area contributed by atoms with E-state index in [1.54, 1.807) is 41.5 Å². The van der Waals surface area contributed by atoms with Gasteiger partial charge in [0, 0.05) is 19.5 Å². The van der Waals surface area contributed by atoms with Crippen molar-refractivity contribution in [2.24, 2.45) is 5.92 Å². The van der Waals surface area contributed by atoms with Gasteiger partial charge in [0.2, 0.25) is 5.91 Å². The van der Waals surface area contributed by atoms with E-state index < -0.39 is 28.1 Å². The van der Waals surface area contributed by atoms with Crippen LogP contribution in [0.3, 0.4) is 0 Å². The molecular weight excluding hydrogens is 534 g/mol. The van der Waals surface area contributed by atoms with E-state index in [1.165, 1.54) is 28.4 Å². The number of anilines is 1. The highest BCUT2D eigenvalue weighted by molar-refractivity contribution is 7.91. The Bertz CT molecular complexity index is 1360. The molecule has 0 saturated heterocycles. The maximum Gasteiger partial charge on any atom is 0.258 e. The fourth-order valence-electron chi connectivity index (χ4n) is 4.06. The average molecular weight is 564 g/mol. The lowest BCUT2D eigenvalue weighted by Gasteiger charge is -2.38. The van der Waals surface area contributed by atoms with Crippen LogP contribution >= 0.6 is 11.3 Å². The molecule has 0 spiro atoms. The first-order valence-electron chi connectivity index (χ1n) is 11.8. The van der Waals surface area contributed by atoms with Gasteiger partial charge in [0.25, 0.3) is 15.9 Å². The molecule has 38 heavy (non-hydrogen) atoms. The molecule has 0 fully saturated rings. The minimum atomic E-state index is -3.76. The zero-order valence-corrected chi connectivity index (χ0v) is 22.7. The lowest BCUT2D eigenvalue weighted by Crippen LogP contribution is -2.50. The number of carbonyl (C=O) groups excluding carboxylic acids is 2. The lowest BCUT2D eigenvalue weighted by atomic mass is 9.99. The number of aliphatic hydroxyl groups excluding tert-OH is 1. The number of benzene rings is 1. The summed E-state index contributed by atoms with van der Waals surface area (Å²) in [5, 5.41) is 25.0. The van der Waals surface area contributed by atoms with Crippen molar-refractivity contribution in [3.63, 3.8) is 0 Å². The lowest BCUT2D eigenvalue weighted by molar-refractivity contribution is -0.117. The van der Waals surface area contributed by atoms with E-state index in [9.17, 15) is 23.1 Å². The zero-order valence-electron chi connectivity index (χ0n) is 21.1. The fourth-order valence-corrected chi connectivity index (χ4v) is 6.45. The number of hydrogen-bond acceptors (Lipinski definition) is 10. The van der Waals surface area contributed by atoms with Crippen molar-refractivity contribution in [1.82, 2.24) is 29.4 Å². The number of likely N-dealkylation sites (N-methyl/N-ethyl adjacent to an activating group) is 1. The summed E-state index contributed by atoms with van der Waals surface area (Å²) in [6.07, 6.45) is 0.609. The number of nitrogens with one attached hydrogen (secondary N) is 1. The molecule has 204 valence electrons. The third-order valence-electron chi connectivity index (χ3n) is 6.26. The molecule has 0 saturated carbocycles. The summed E-state index contributed by atoms with van der Waals surface area (Å²) in [7, 11) is -2.28. The molecule has 1 aliphatic heterocycles. The quantitative estimate of drug-likeness (QED) is 0.386. The van der Waals surface area contributed by atoms with Crippen molar-refractivity contribution in [3.8, 4) is 5.75 Å². The third kappa shape index (κ3) is 5.85. The van der Waals surface area contributed by atoms with E-state index in [0.717, 1.165) is 11.3 Å². The second kappa shape index (κ2) is 11.6. The molecule has 2 N–H and O–H groups in total. The summed E-state index contributed by atoms with van der Waals surface area (Å²) in [6.45, 7) is 3.38. The Balaban J connectivity index is 1.69. The molecule has 0 radical (unpaired) electrons. The number of rotatable bonds is 9. The largest absolute Gasteiger partial charge is 0.486 e. The van der Waals surface area contributed by atoms with Gasteiger partial charge in [-0.05, 0) is 40.9 Å². The highest BCUT2D eigenvalue weighted by Gasteiger charge is 2.36. The maximum atomic E-state index is 13.6. The standard InChI is InChI=1S/C23H29N7O6S2/c1-15-10-30(16(2)13-31)23(33)17-6-4-7-18(25-20(32)12-29-14-24-26-27-29)22(17)36-19(15)11-28(3)38(34,35)21-8-5-9-37-21/h4-9,14-16,19,31H,10-13H2,1-3H3,(H,25,32)/t15-,16+,19+/m0/s1. The zero-order chi connectivity index (χ0) is 27.4. The highest BCUT2D eigenvalue weighted by atomic mass is 32.2. The molecule has 3 heterocycles. The molecule has 3 aromatic rings. The molecule has 0 unspecified atom stereocenters. The first kappa shape index (κ1) is 27.6. The van der Waals surface area contributed by atoms with E-state index in [0.29, 0.717) is 0 Å². The van der Waals surface area contributed by atoms with E-state index in [4.69, 9.17) is 4.74 Å². The minimum Gasteiger partial charge on any atom is -0.486 e. The summed E-state index contributed by atoms with van der Waals surface area (Å²) >= 11 is 1.12. The molecule has 2 amide bonds. The van der Waals surface area contributed by atoms with Gasteiger partial charge in [-0.3, -0.25) is 9.59 Å². The number of sulfonamides is 1. The molecular formula is C23H29N7O6S2. The topological polar surface area (TPSA) is 160 Å². The minimum absolute atomic E-state index is 0.0106. The summed E-state index contributed by atoms with van der Waals surface area (Å²) in [5.41, 5.74) is 0.430. The van der Waals surface area contributed by atoms with E-state index in [1.807, 2.05) is 6.92 Å². The number of nitrogens with zero attached hydrogens (tertiary/aromatic N) is 6. The Hall–Kier alpha value is -3.40. The van der Waals surface area contributed by atoms with Gasteiger partial charge < -0.3 is 20.1 Å². The fraction of sp³-hybridized carbons (Fsp3) is 0.435. The van der Waals surface area contributed by atoms with Crippen LogP contribution in [0.1, 0.15) is 24.2 Å². The van der Waals surface area contributed by atoms with Gasteiger partial charge in [0.1, 0.15) is 23.2 Å². The van der Waals surface area contributed by atoms with Crippen molar-refractivity contribution < 1.29 is 27.9 Å². The summed E-state index contributed by atoms with van der Waals surface area (Å²) in [6, 6.07) is 7.49. The SMILES string of the molecule is C[C@H](CO)N1C[C@H](C)[C@@H](CN(C)S(=O)(=O)c2cccs2)Oc2c(NC(=O)Cn3cnnn3)cccc2C1=O. The number of fused-ring (bicyclic) bond motifs is 1. The second-order valence-corrected chi connectivity index (χ2v) is 12.3. The number of thiophene rings is 1. The van der Waals surface area contributed by atoms with Crippen molar-refractivity contribution in [2.45, 2.75) is 36.7 Å². The smallest absolute Gasteiger partial charge is 0.258 e. The highest BCUT2D eigenvalue weighted by Crippen LogP contribution is 2.35. The Morgan fingerprint density at radius 2 is 2.13 bits per heavy atom. The number of aliphatic hydroxyl groups is 1. The van der Waals surface area contributed by atoms with E-state index in [-0.39, 0.29) is 59.3 Å². The predicted molar refractivity (Wildman–Crippen MR) is 138 cm³/mol. The summed E-state index contributed by atoms with van der Waals surface area (Å²) in [4.78, 5) is 27.8. The van der Waals surface area contributed by atoms with Crippen LogP contribution in [0.5, 0.6) is 5.75 Å². The van der Waals surface area contributed by atoms with Crippen LogP contribution in [0.4, 0.5) is 5.69 Å². The number of aromatic nitrogens is 4. The number of tetrazole rings is 1. The monoisotopic (exact) mass is 563 g/mol. The molecule has 13 nitrogen and oxygen atoms in total. The molecule has 1 aromatic carbocycles. The van der Waals surface area contributed by atoms with E-state index in [2.05, 4.69) is 20.8 Å². The molecule has 4 rings (SSSR count). The first-order chi connectivity index (χ1) is 18.1. The molecule has 0 bridgehead atoms. The van der Waals surface area contributed by atoms with Gasteiger partial charge in [0.15, 0.2) is 5.75 Å². The van der Waals surface area contributed by atoms with Crippen LogP contribution in [-0.4, -0.2) is 93.6 Å². The van der Waals surface area contributed by atoms with E-state index >= 15 is 0 Å². The molecule has 2 aromatic heterocycles. The number of hydrogen-bond donors (Lipinski definition) is 2. The Labute approximate surface area is 224 Å². The molecule has 0 aliphatic carbocycles. The van der Waals surface area contributed by atoms with Crippen LogP contribution in [0.15, 0.2) is 46.2 Å². The predicted octanol–water partition coefficient (Wildman–Crippen LogP) is 0.914. The number of para-hydroxylation sites is 1. The molecule has 1 aliphatic rings. The van der Waals surface area contributed by atoms with Gasteiger partial charge in [-0.2, -0.15) is 4.31 Å². The van der Waals surface area contributed by atoms with Crippen LogP contribution in [0.25, 0.3) is 0 Å². The van der Waals surface area contributed by atoms with Gasteiger partial charge in [0.05, 0.1) is 30.4 Å². The van der Waals surface area contributed by atoms with Crippen LogP contribution in [0.2, 0.25) is 0 Å². The second-order valence-electron chi connectivity index (χ2n) is 9.08. The van der Waals surface area contributed by atoms with Gasteiger partial charge in [-0.25, -0.2) is 13.1 Å². The van der Waals surface area contributed by atoms with Crippen LogP contribution in [0, 0.1) is 5.92 Å². The van der Waals surface area contributed by atoms with Gasteiger partial charge in [-0.15, -0.1) is 16.4 Å². The summed E-state index contributed by atoms with van der Waals surface area (Å²) in [5.74, 6) is -1.03. The van der Waals surface area contributed by atoms with Crippen molar-refractivity contribution >= 4 is 38.9 Å². The van der Waals surface area contributed by atoms with Gasteiger partial charge in [-0.1, -0.05) is 19.1 Å². The van der Waals surface area contributed by atoms with Crippen molar-refractivity contribution in [1.29, 1.82) is 0 Å². The average Bonchev–Trinajstić information content (AvgIpc) is 3.61. The third-order valence-corrected chi connectivity index (χ3v) is 9.46. The number of amides is 2. The van der Waals surface area contributed by atoms with Crippen LogP contribution in [-0.2, 0) is 21.4 Å². The summed E-state index contributed by atoms with van der Waals surface area (Å²) < 4.78 is 35.3. The first-order valence-corrected chi connectivity index (χ1v) is 14.2. The normalized spacial score (nSPS) is 18.9. The van der Waals surface area contributed by atoms with Crippen LogP contribution < -0.4 is 10.1 Å². The van der Waals surface area contributed by atoms with Crippen molar-refractivity contribution in [2.75, 3.05) is 32.1 Å². The molecule has 3 atom stereocenters. The van der Waals surface area contributed by atoms with Crippen molar-refractivity contribution in [3.05, 3.63) is 47.6 Å². The maximum absolute atomic E-state index is 13.6. The van der Waals surface area contributed by atoms with Gasteiger partial charge >= 0.3 is 0 Å².